The number of esters is 1. The first kappa shape index (κ1) is 15.8. The van der Waals surface area contributed by atoms with E-state index in [4.69, 9.17) is 9.47 Å². The highest BCUT2D eigenvalue weighted by Crippen LogP contribution is 2.24. The average molecular weight is 356 g/mol. The third-order valence-corrected chi connectivity index (χ3v) is 4.28. The van der Waals surface area contributed by atoms with Gasteiger partial charge in [0, 0.05) is 11.4 Å². The second-order valence-corrected chi connectivity index (χ2v) is 6.19. The highest BCUT2D eigenvalue weighted by Gasteiger charge is 2.37. The lowest BCUT2D eigenvalue weighted by Gasteiger charge is -2.35. The normalized spacial score (nSPS) is 21.7. The van der Waals surface area contributed by atoms with Crippen molar-refractivity contribution >= 4 is 28.0 Å². The standard InChI is InChI=1S/C15H18BrNO4/c1-20-14(18)13-9-12(16)7-8-17(13)15(19)21-10-11-5-3-2-4-6-11/h2-6,12-13H,7-10H2,1H3/t12-,13-/m0/s1. The molecule has 1 saturated heterocycles. The Morgan fingerprint density at radius 1 is 1.33 bits per heavy atom. The SMILES string of the molecule is COC(=O)[C@@H]1C[C@@H](Br)CCN1C(=O)OCc1ccccc1. The zero-order valence-corrected chi connectivity index (χ0v) is 13.4. The number of carbonyl (C=O) groups excluding carboxylic acids is 2. The number of benzene rings is 1. The van der Waals surface area contributed by atoms with Gasteiger partial charge < -0.3 is 9.47 Å². The predicted octanol–water partition coefficient (Wildman–Crippen LogP) is 2.72. The summed E-state index contributed by atoms with van der Waals surface area (Å²) in [4.78, 5) is 25.7. The van der Waals surface area contributed by atoms with E-state index >= 15 is 0 Å². The minimum absolute atomic E-state index is 0.196. The molecule has 2 atom stereocenters. The minimum Gasteiger partial charge on any atom is -0.467 e. The highest BCUT2D eigenvalue weighted by atomic mass is 79.9. The van der Waals surface area contributed by atoms with Crippen LogP contribution in [-0.4, -0.2) is 41.5 Å². The molecule has 6 heteroatoms. The quantitative estimate of drug-likeness (QED) is 0.617. The molecule has 0 aliphatic carbocycles. The first-order valence-corrected chi connectivity index (χ1v) is 7.72. The van der Waals surface area contributed by atoms with Gasteiger partial charge >= 0.3 is 12.1 Å². The molecule has 0 N–H and O–H groups in total. The molecule has 5 nitrogen and oxygen atoms in total. The van der Waals surface area contributed by atoms with Crippen LogP contribution in [-0.2, 0) is 20.9 Å². The fraction of sp³-hybridized carbons (Fsp3) is 0.467. The molecular formula is C15H18BrNO4. The Labute approximate surface area is 132 Å². The van der Waals surface area contributed by atoms with Crippen molar-refractivity contribution in [1.29, 1.82) is 0 Å². The van der Waals surface area contributed by atoms with Crippen LogP contribution in [0.5, 0.6) is 0 Å². The number of carbonyl (C=O) groups is 2. The van der Waals surface area contributed by atoms with E-state index in [1.165, 1.54) is 12.0 Å². The molecule has 0 radical (unpaired) electrons. The van der Waals surface area contributed by atoms with Crippen LogP contribution in [0.1, 0.15) is 18.4 Å². The molecule has 21 heavy (non-hydrogen) atoms. The van der Waals surface area contributed by atoms with E-state index in [0.29, 0.717) is 13.0 Å². The van der Waals surface area contributed by atoms with E-state index in [1.807, 2.05) is 30.3 Å². The maximum atomic E-state index is 12.2. The Hall–Kier alpha value is -1.56. The lowest BCUT2D eigenvalue weighted by molar-refractivity contribution is -0.147. The van der Waals surface area contributed by atoms with Crippen LogP contribution < -0.4 is 0 Å². The summed E-state index contributed by atoms with van der Waals surface area (Å²) in [5.74, 6) is -0.407. The van der Waals surface area contributed by atoms with Crippen LogP contribution in [0.3, 0.4) is 0 Å². The average Bonchev–Trinajstić information content (AvgIpc) is 2.52. The molecule has 0 saturated carbocycles. The molecule has 0 bridgehead atoms. The Balaban J connectivity index is 1.97. The van der Waals surface area contributed by atoms with Crippen molar-refractivity contribution in [2.45, 2.75) is 30.3 Å². The summed E-state index contributed by atoms with van der Waals surface area (Å²) in [6.45, 7) is 0.672. The van der Waals surface area contributed by atoms with Crippen molar-refractivity contribution < 1.29 is 19.1 Å². The van der Waals surface area contributed by atoms with Crippen LogP contribution >= 0.6 is 15.9 Å². The molecule has 1 aromatic rings. The number of hydrogen-bond acceptors (Lipinski definition) is 4. The maximum absolute atomic E-state index is 12.2. The fourth-order valence-electron chi connectivity index (χ4n) is 2.30. The molecule has 1 heterocycles. The molecule has 0 aromatic heterocycles. The summed E-state index contributed by atoms with van der Waals surface area (Å²) < 4.78 is 10.1. The van der Waals surface area contributed by atoms with Gasteiger partial charge in [-0.05, 0) is 18.4 Å². The van der Waals surface area contributed by atoms with Gasteiger partial charge in [0.2, 0.25) is 0 Å². The fourth-order valence-corrected chi connectivity index (χ4v) is 2.86. The van der Waals surface area contributed by atoms with E-state index in [2.05, 4.69) is 15.9 Å². The smallest absolute Gasteiger partial charge is 0.410 e. The summed E-state index contributed by atoms with van der Waals surface area (Å²) in [7, 11) is 1.33. The van der Waals surface area contributed by atoms with E-state index in [9.17, 15) is 9.59 Å². The number of ether oxygens (including phenoxy) is 2. The minimum atomic E-state index is -0.587. The predicted molar refractivity (Wildman–Crippen MR) is 81.1 cm³/mol. The van der Waals surface area contributed by atoms with Gasteiger partial charge in [-0.15, -0.1) is 0 Å². The van der Waals surface area contributed by atoms with Gasteiger partial charge in [-0.3, -0.25) is 4.90 Å². The molecule has 0 unspecified atom stereocenters. The van der Waals surface area contributed by atoms with Gasteiger partial charge in [-0.2, -0.15) is 0 Å². The molecule has 0 spiro atoms. The third-order valence-electron chi connectivity index (χ3n) is 3.45. The number of nitrogens with zero attached hydrogens (tertiary/aromatic N) is 1. The van der Waals surface area contributed by atoms with E-state index in [-0.39, 0.29) is 11.4 Å². The van der Waals surface area contributed by atoms with Gasteiger partial charge in [0.1, 0.15) is 12.6 Å². The summed E-state index contributed by atoms with van der Waals surface area (Å²) in [5.41, 5.74) is 0.913. The van der Waals surface area contributed by atoms with Crippen LogP contribution in [0.15, 0.2) is 30.3 Å². The van der Waals surface area contributed by atoms with Crippen molar-refractivity contribution in [1.82, 2.24) is 4.90 Å². The maximum Gasteiger partial charge on any atom is 0.410 e. The lowest BCUT2D eigenvalue weighted by Crippen LogP contribution is -2.51. The van der Waals surface area contributed by atoms with Crippen LogP contribution in [0.25, 0.3) is 0 Å². The Kier molecular flexibility index (Phi) is 5.61. The number of halogens is 1. The molecule has 1 amide bonds. The van der Waals surface area contributed by atoms with Crippen LogP contribution in [0, 0.1) is 0 Å². The largest absolute Gasteiger partial charge is 0.467 e. The van der Waals surface area contributed by atoms with Gasteiger partial charge in [-0.1, -0.05) is 46.3 Å². The summed E-state index contributed by atoms with van der Waals surface area (Å²) in [6.07, 6.45) is 0.842. The molecule has 1 aliphatic heterocycles. The first-order chi connectivity index (χ1) is 10.1. The Morgan fingerprint density at radius 2 is 2.05 bits per heavy atom. The zero-order valence-electron chi connectivity index (χ0n) is 11.8. The van der Waals surface area contributed by atoms with Gasteiger partial charge in [0.15, 0.2) is 0 Å². The van der Waals surface area contributed by atoms with Crippen LogP contribution in [0.4, 0.5) is 4.79 Å². The molecule has 2 rings (SSSR count). The Morgan fingerprint density at radius 3 is 2.71 bits per heavy atom. The number of piperidine rings is 1. The van der Waals surface area contributed by atoms with Gasteiger partial charge in [0.25, 0.3) is 0 Å². The van der Waals surface area contributed by atoms with Crippen molar-refractivity contribution in [3.05, 3.63) is 35.9 Å². The molecule has 1 fully saturated rings. The number of amides is 1. The van der Waals surface area contributed by atoms with Crippen molar-refractivity contribution in [2.24, 2.45) is 0 Å². The number of methoxy groups -OCH3 is 1. The number of rotatable bonds is 3. The highest BCUT2D eigenvalue weighted by molar-refractivity contribution is 9.09. The topological polar surface area (TPSA) is 55.8 Å². The molecular weight excluding hydrogens is 338 g/mol. The molecule has 1 aromatic carbocycles. The molecule has 114 valence electrons. The second kappa shape index (κ2) is 7.45. The lowest BCUT2D eigenvalue weighted by atomic mass is 10.0. The van der Waals surface area contributed by atoms with Crippen molar-refractivity contribution in [3.8, 4) is 0 Å². The van der Waals surface area contributed by atoms with Crippen LogP contribution in [0.2, 0.25) is 0 Å². The number of hydrogen-bond donors (Lipinski definition) is 0. The second-order valence-electron chi connectivity index (χ2n) is 4.89. The zero-order chi connectivity index (χ0) is 15.2. The third kappa shape index (κ3) is 4.20. The van der Waals surface area contributed by atoms with Crippen molar-refractivity contribution in [3.63, 3.8) is 0 Å². The van der Waals surface area contributed by atoms with E-state index < -0.39 is 18.1 Å². The first-order valence-electron chi connectivity index (χ1n) is 6.81. The monoisotopic (exact) mass is 355 g/mol. The molecule has 1 aliphatic rings. The van der Waals surface area contributed by atoms with Gasteiger partial charge in [-0.25, -0.2) is 9.59 Å². The van der Waals surface area contributed by atoms with E-state index in [0.717, 1.165) is 12.0 Å². The van der Waals surface area contributed by atoms with Crippen molar-refractivity contribution in [2.75, 3.05) is 13.7 Å². The van der Waals surface area contributed by atoms with Gasteiger partial charge in [0.05, 0.1) is 7.11 Å². The number of alkyl halides is 1. The summed E-state index contributed by atoms with van der Waals surface area (Å²) in [5, 5.41) is 0. The number of likely N-dealkylation sites (tertiary alicyclic amines) is 1. The Bertz CT molecular complexity index is 494. The van der Waals surface area contributed by atoms with E-state index in [1.54, 1.807) is 0 Å². The summed E-state index contributed by atoms with van der Waals surface area (Å²) in [6, 6.07) is 8.86. The summed E-state index contributed by atoms with van der Waals surface area (Å²) >= 11 is 3.49.